The summed E-state index contributed by atoms with van der Waals surface area (Å²) in [6.07, 6.45) is -3.90. The van der Waals surface area contributed by atoms with E-state index >= 15 is 0 Å². The zero-order chi connectivity index (χ0) is 13.3. The summed E-state index contributed by atoms with van der Waals surface area (Å²) >= 11 is 0.877. The highest BCUT2D eigenvalue weighted by atomic mass is 32.1. The number of halogens is 3. The summed E-state index contributed by atoms with van der Waals surface area (Å²) in [6.45, 7) is 0.887. The Morgan fingerprint density at radius 1 is 1.44 bits per heavy atom. The number of likely N-dealkylation sites (tertiary alicyclic amines) is 1. The molecule has 1 N–H and O–H groups in total. The summed E-state index contributed by atoms with van der Waals surface area (Å²) in [7, 11) is 0. The first-order chi connectivity index (χ1) is 8.43. The molecule has 1 aliphatic rings. The number of aliphatic hydroxyl groups excluding tert-OH is 1. The van der Waals surface area contributed by atoms with Crippen LogP contribution in [0.4, 0.5) is 13.2 Å². The van der Waals surface area contributed by atoms with Gasteiger partial charge in [-0.2, -0.15) is 24.5 Å². The number of hydrogen-bond donors (Lipinski definition) is 1. The molecule has 0 aromatic carbocycles. The molecule has 1 aromatic heterocycles. The summed E-state index contributed by atoms with van der Waals surface area (Å²) in [6, 6.07) is 0. The van der Waals surface area contributed by atoms with Crippen LogP contribution in [-0.2, 0) is 6.18 Å². The van der Waals surface area contributed by atoms with Gasteiger partial charge in [0.2, 0.25) is 0 Å². The van der Waals surface area contributed by atoms with Crippen LogP contribution < -0.4 is 0 Å². The molecule has 1 saturated heterocycles. The van der Waals surface area contributed by atoms with E-state index in [9.17, 15) is 18.0 Å². The second-order valence-electron chi connectivity index (χ2n) is 4.29. The van der Waals surface area contributed by atoms with Crippen LogP contribution in [0.5, 0.6) is 0 Å². The van der Waals surface area contributed by atoms with Gasteiger partial charge >= 0.3 is 6.18 Å². The van der Waals surface area contributed by atoms with Crippen LogP contribution in [0.3, 0.4) is 0 Å². The van der Waals surface area contributed by atoms with Gasteiger partial charge in [-0.15, -0.1) is 0 Å². The molecule has 100 valence electrons. The van der Waals surface area contributed by atoms with Crippen molar-refractivity contribution in [1.29, 1.82) is 0 Å². The van der Waals surface area contributed by atoms with Crippen molar-refractivity contribution in [1.82, 2.24) is 4.90 Å². The highest BCUT2D eigenvalue weighted by Gasteiger charge is 2.39. The first-order valence-electron chi connectivity index (χ1n) is 5.47. The van der Waals surface area contributed by atoms with Gasteiger partial charge in [-0.3, -0.25) is 4.79 Å². The lowest BCUT2D eigenvalue weighted by Gasteiger charge is -2.39. The van der Waals surface area contributed by atoms with Crippen LogP contribution in [0.25, 0.3) is 0 Å². The largest absolute Gasteiger partial charge is 0.417 e. The first-order valence-corrected chi connectivity index (χ1v) is 6.41. The highest BCUT2D eigenvalue weighted by Crippen LogP contribution is 2.35. The van der Waals surface area contributed by atoms with Gasteiger partial charge in [0.25, 0.3) is 5.91 Å². The van der Waals surface area contributed by atoms with Crippen LogP contribution in [0.1, 0.15) is 22.3 Å². The number of nitrogens with zero attached hydrogens (tertiary/aromatic N) is 1. The number of rotatable bonds is 3. The zero-order valence-corrected chi connectivity index (χ0v) is 10.2. The molecule has 0 atom stereocenters. The first kappa shape index (κ1) is 13.4. The van der Waals surface area contributed by atoms with E-state index in [4.69, 9.17) is 5.11 Å². The summed E-state index contributed by atoms with van der Waals surface area (Å²) < 4.78 is 37.9. The summed E-state index contributed by atoms with van der Waals surface area (Å²) in [4.78, 5) is 13.3. The molecule has 18 heavy (non-hydrogen) atoms. The Bertz CT molecular complexity index is 438. The maximum absolute atomic E-state index is 12.6. The Morgan fingerprint density at radius 2 is 2.11 bits per heavy atom. The summed E-state index contributed by atoms with van der Waals surface area (Å²) in [5.74, 6) is -0.371. The van der Waals surface area contributed by atoms with E-state index in [-0.39, 0.29) is 18.1 Å². The Kier molecular flexibility index (Phi) is 3.63. The average molecular weight is 279 g/mol. The monoisotopic (exact) mass is 279 g/mol. The number of carbonyl (C=O) groups is 1. The fourth-order valence-electron chi connectivity index (χ4n) is 1.95. The molecule has 0 aliphatic carbocycles. The Morgan fingerprint density at radius 3 is 2.67 bits per heavy atom. The van der Waals surface area contributed by atoms with Crippen molar-refractivity contribution in [2.75, 3.05) is 19.7 Å². The van der Waals surface area contributed by atoms with Gasteiger partial charge in [-0.05, 0) is 12.3 Å². The van der Waals surface area contributed by atoms with Gasteiger partial charge in [-0.1, -0.05) is 0 Å². The fourth-order valence-corrected chi connectivity index (χ4v) is 2.78. The molecule has 1 amide bonds. The van der Waals surface area contributed by atoms with Crippen LogP contribution in [0, 0.1) is 5.92 Å². The minimum atomic E-state index is -4.49. The number of aliphatic hydroxyl groups is 1. The quantitative estimate of drug-likeness (QED) is 0.921. The van der Waals surface area contributed by atoms with Crippen molar-refractivity contribution >= 4 is 17.2 Å². The smallest absolute Gasteiger partial charge is 0.396 e. The second-order valence-corrected chi connectivity index (χ2v) is 5.03. The molecule has 1 aliphatic heterocycles. The van der Waals surface area contributed by atoms with Gasteiger partial charge in [0.05, 0.1) is 11.1 Å². The summed E-state index contributed by atoms with van der Waals surface area (Å²) in [5, 5.41) is 10.9. The molecule has 0 spiro atoms. The molecule has 1 aromatic rings. The number of amides is 1. The van der Waals surface area contributed by atoms with Gasteiger partial charge in [0.1, 0.15) is 0 Å². The fraction of sp³-hybridized carbons (Fsp3) is 0.545. The highest BCUT2D eigenvalue weighted by molar-refractivity contribution is 7.08. The molecular formula is C11H12F3NO2S. The maximum Gasteiger partial charge on any atom is 0.417 e. The standard InChI is InChI=1S/C11H12F3NO2S/c12-11(13,14)9-6-18-5-8(9)10(17)15-3-7(4-15)1-2-16/h5-7,16H,1-4H2. The Balaban J connectivity index is 2.05. The van der Waals surface area contributed by atoms with Crippen molar-refractivity contribution in [3.05, 3.63) is 21.9 Å². The van der Waals surface area contributed by atoms with Gasteiger partial charge in [-0.25, -0.2) is 0 Å². The molecule has 2 heterocycles. The Hall–Kier alpha value is -1.08. The molecule has 0 unspecified atom stereocenters. The summed E-state index contributed by atoms with van der Waals surface area (Å²) in [5.41, 5.74) is -1.13. The molecule has 1 fully saturated rings. The predicted octanol–water partition coefficient (Wildman–Crippen LogP) is 2.22. The van der Waals surface area contributed by atoms with Crippen molar-refractivity contribution in [3.8, 4) is 0 Å². The molecule has 2 rings (SSSR count). The number of hydrogen-bond acceptors (Lipinski definition) is 3. The lowest BCUT2D eigenvalue weighted by atomic mass is 9.95. The molecule has 3 nitrogen and oxygen atoms in total. The third kappa shape index (κ3) is 2.51. The molecule has 0 radical (unpaired) electrons. The molecule has 0 saturated carbocycles. The van der Waals surface area contributed by atoms with Crippen molar-refractivity contribution in [2.45, 2.75) is 12.6 Å². The minimum Gasteiger partial charge on any atom is -0.396 e. The van der Waals surface area contributed by atoms with Gasteiger partial charge < -0.3 is 10.0 Å². The maximum atomic E-state index is 12.6. The lowest BCUT2D eigenvalue weighted by Crippen LogP contribution is -2.50. The molecule has 0 bridgehead atoms. The Labute approximate surface area is 106 Å². The van der Waals surface area contributed by atoms with E-state index < -0.39 is 17.6 Å². The van der Waals surface area contributed by atoms with E-state index in [1.54, 1.807) is 0 Å². The van der Waals surface area contributed by atoms with E-state index in [0.717, 1.165) is 16.7 Å². The van der Waals surface area contributed by atoms with Crippen LogP contribution in [0.2, 0.25) is 0 Å². The minimum absolute atomic E-state index is 0.0406. The van der Waals surface area contributed by atoms with Crippen molar-refractivity contribution < 1.29 is 23.1 Å². The van der Waals surface area contributed by atoms with Gasteiger partial charge in [0.15, 0.2) is 0 Å². The van der Waals surface area contributed by atoms with Crippen LogP contribution in [0.15, 0.2) is 10.8 Å². The average Bonchev–Trinajstić information content (AvgIpc) is 2.70. The van der Waals surface area contributed by atoms with E-state index in [1.807, 2.05) is 0 Å². The van der Waals surface area contributed by atoms with Crippen LogP contribution in [-0.4, -0.2) is 35.6 Å². The molecule has 7 heteroatoms. The number of thiophene rings is 1. The molecular weight excluding hydrogens is 267 g/mol. The topological polar surface area (TPSA) is 40.5 Å². The normalized spacial score (nSPS) is 16.8. The number of carbonyl (C=O) groups excluding carboxylic acids is 1. The van der Waals surface area contributed by atoms with E-state index in [0.29, 0.717) is 19.5 Å². The zero-order valence-electron chi connectivity index (χ0n) is 9.41. The third-order valence-corrected chi connectivity index (χ3v) is 3.72. The third-order valence-electron chi connectivity index (χ3n) is 2.98. The van der Waals surface area contributed by atoms with Crippen molar-refractivity contribution in [3.63, 3.8) is 0 Å². The number of alkyl halides is 3. The van der Waals surface area contributed by atoms with E-state index in [2.05, 4.69) is 0 Å². The lowest BCUT2D eigenvalue weighted by molar-refractivity contribution is -0.137. The van der Waals surface area contributed by atoms with Crippen LogP contribution >= 0.6 is 11.3 Å². The van der Waals surface area contributed by atoms with E-state index in [1.165, 1.54) is 10.3 Å². The predicted molar refractivity (Wildman–Crippen MR) is 60.4 cm³/mol. The SMILES string of the molecule is O=C(c1cscc1C(F)(F)F)N1CC(CCO)C1. The van der Waals surface area contributed by atoms with Crippen molar-refractivity contribution in [2.24, 2.45) is 5.92 Å². The second kappa shape index (κ2) is 4.89. The van der Waals surface area contributed by atoms with Gasteiger partial charge in [0, 0.05) is 30.5 Å².